The van der Waals surface area contributed by atoms with Crippen LogP contribution in [0.4, 0.5) is 0 Å². The highest BCUT2D eigenvalue weighted by Gasteiger charge is 2.50. The number of allylic oxidation sites excluding steroid dienone is 1. The predicted octanol–water partition coefficient (Wildman–Crippen LogP) is 2.89. The lowest BCUT2D eigenvalue weighted by atomic mass is 9.54. The van der Waals surface area contributed by atoms with E-state index in [0.717, 1.165) is 32.1 Å². The molecule has 0 bridgehead atoms. The van der Waals surface area contributed by atoms with E-state index in [0.29, 0.717) is 11.8 Å². The van der Waals surface area contributed by atoms with Gasteiger partial charge in [0.15, 0.2) is 0 Å². The maximum absolute atomic E-state index is 10.3. The van der Waals surface area contributed by atoms with Crippen molar-refractivity contribution in [1.82, 2.24) is 0 Å². The van der Waals surface area contributed by atoms with E-state index < -0.39 is 5.60 Å². The summed E-state index contributed by atoms with van der Waals surface area (Å²) in [5.74, 6) is 0.721. The monoisotopic (exact) mass is 238 g/mol. The molecular weight excluding hydrogens is 212 g/mol. The predicted molar refractivity (Wildman–Crippen MR) is 69.6 cm³/mol. The molecule has 2 saturated carbocycles. The topological polar surface area (TPSA) is 40.5 Å². The van der Waals surface area contributed by atoms with E-state index in [2.05, 4.69) is 13.5 Å². The SMILES string of the molecule is C=C1CC[C@@H](O)[C@]2(C)CC[C@@H](C(C)(C)O)C[C@@H]12. The third-order valence-corrected chi connectivity index (χ3v) is 5.34. The molecule has 2 heteroatoms. The molecule has 0 unspecified atom stereocenters. The highest BCUT2D eigenvalue weighted by Crippen LogP contribution is 2.54. The van der Waals surface area contributed by atoms with E-state index in [-0.39, 0.29) is 11.5 Å². The van der Waals surface area contributed by atoms with Crippen molar-refractivity contribution in [1.29, 1.82) is 0 Å². The molecule has 0 aromatic carbocycles. The van der Waals surface area contributed by atoms with Crippen molar-refractivity contribution in [2.24, 2.45) is 17.3 Å². The summed E-state index contributed by atoms with van der Waals surface area (Å²) in [5.41, 5.74) is 0.674. The van der Waals surface area contributed by atoms with Crippen molar-refractivity contribution in [3.8, 4) is 0 Å². The molecule has 2 aliphatic carbocycles. The van der Waals surface area contributed by atoms with Gasteiger partial charge in [-0.25, -0.2) is 0 Å². The Hall–Kier alpha value is -0.340. The minimum atomic E-state index is -0.607. The zero-order valence-corrected chi connectivity index (χ0v) is 11.4. The first-order chi connectivity index (χ1) is 7.75. The Morgan fingerprint density at radius 1 is 1.35 bits per heavy atom. The molecule has 0 heterocycles. The zero-order chi connectivity index (χ0) is 12.8. The van der Waals surface area contributed by atoms with Gasteiger partial charge in [0, 0.05) is 5.41 Å². The molecule has 0 saturated heterocycles. The number of hydrogen-bond donors (Lipinski definition) is 2. The van der Waals surface area contributed by atoms with E-state index >= 15 is 0 Å². The Morgan fingerprint density at radius 3 is 2.59 bits per heavy atom. The van der Waals surface area contributed by atoms with Crippen LogP contribution in [0.25, 0.3) is 0 Å². The van der Waals surface area contributed by atoms with E-state index in [9.17, 15) is 10.2 Å². The fraction of sp³-hybridized carbons (Fsp3) is 0.867. The van der Waals surface area contributed by atoms with Gasteiger partial charge in [-0.3, -0.25) is 0 Å². The van der Waals surface area contributed by atoms with Gasteiger partial charge in [-0.2, -0.15) is 0 Å². The standard InChI is InChI=1S/C15H26O2/c1-10-5-6-13(16)15(4)8-7-11(9-12(10)15)14(2,3)17/h11-13,16-17H,1,5-9H2,2-4H3/t11-,12+,13-,15-/m1/s1. The van der Waals surface area contributed by atoms with Crippen molar-refractivity contribution in [3.05, 3.63) is 12.2 Å². The maximum Gasteiger partial charge on any atom is 0.0620 e. The van der Waals surface area contributed by atoms with Gasteiger partial charge >= 0.3 is 0 Å². The normalized spacial score (nSPS) is 43.4. The van der Waals surface area contributed by atoms with Crippen molar-refractivity contribution in [3.63, 3.8) is 0 Å². The smallest absolute Gasteiger partial charge is 0.0620 e. The molecule has 2 rings (SSSR count). The second-order valence-corrected chi connectivity index (χ2v) is 6.90. The molecular formula is C15H26O2. The lowest BCUT2D eigenvalue weighted by Gasteiger charge is -2.53. The fourth-order valence-electron chi connectivity index (χ4n) is 3.83. The number of aliphatic hydroxyl groups excluding tert-OH is 1. The van der Waals surface area contributed by atoms with Gasteiger partial charge < -0.3 is 10.2 Å². The molecule has 2 N–H and O–H groups in total. The molecule has 2 nitrogen and oxygen atoms in total. The van der Waals surface area contributed by atoms with Crippen LogP contribution in [-0.4, -0.2) is 21.9 Å². The van der Waals surface area contributed by atoms with E-state index in [4.69, 9.17) is 0 Å². The number of aliphatic hydroxyl groups is 2. The first-order valence-corrected chi connectivity index (χ1v) is 6.83. The van der Waals surface area contributed by atoms with Crippen LogP contribution in [0.15, 0.2) is 12.2 Å². The highest BCUT2D eigenvalue weighted by atomic mass is 16.3. The molecule has 4 atom stereocenters. The van der Waals surface area contributed by atoms with Crippen LogP contribution in [0.3, 0.4) is 0 Å². The van der Waals surface area contributed by atoms with Gasteiger partial charge in [0.05, 0.1) is 11.7 Å². The molecule has 0 radical (unpaired) electrons. The summed E-state index contributed by atoms with van der Waals surface area (Å²) in [4.78, 5) is 0. The van der Waals surface area contributed by atoms with Gasteiger partial charge in [-0.05, 0) is 57.8 Å². The lowest BCUT2D eigenvalue weighted by molar-refractivity contribution is -0.0887. The number of rotatable bonds is 1. The van der Waals surface area contributed by atoms with Gasteiger partial charge in [0.1, 0.15) is 0 Å². The average molecular weight is 238 g/mol. The van der Waals surface area contributed by atoms with Crippen LogP contribution >= 0.6 is 0 Å². The molecule has 0 spiro atoms. The van der Waals surface area contributed by atoms with Crippen LogP contribution in [0, 0.1) is 17.3 Å². The lowest BCUT2D eigenvalue weighted by Crippen LogP contribution is -2.50. The second-order valence-electron chi connectivity index (χ2n) is 6.90. The Morgan fingerprint density at radius 2 is 2.00 bits per heavy atom. The van der Waals surface area contributed by atoms with Crippen LogP contribution in [0.5, 0.6) is 0 Å². The van der Waals surface area contributed by atoms with Crippen LogP contribution in [0.1, 0.15) is 52.9 Å². The quantitative estimate of drug-likeness (QED) is 0.690. The minimum Gasteiger partial charge on any atom is -0.393 e. The molecule has 0 aromatic heterocycles. The number of fused-ring (bicyclic) bond motifs is 1. The van der Waals surface area contributed by atoms with E-state index in [1.165, 1.54) is 5.57 Å². The van der Waals surface area contributed by atoms with Crippen molar-refractivity contribution in [2.45, 2.75) is 64.6 Å². The molecule has 2 fully saturated rings. The Balaban J connectivity index is 2.21. The Kier molecular flexibility index (Phi) is 3.16. The minimum absolute atomic E-state index is 0.00289. The van der Waals surface area contributed by atoms with Crippen LogP contribution in [-0.2, 0) is 0 Å². The van der Waals surface area contributed by atoms with Gasteiger partial charge in [0.2, 0.25) is 0 Å². The summed E-state index contributed by atoms with van der Waals surface area (Å²) in [5, 5.41) is 20.4. The van der Waals surface area contributed by atoms with Gasteiger partial charge in [0.25, 0.3) is 0 Å². The summed E-state index contributed by atoms with van der Waals surface area (Å²) in [6, 6.07) is 0. The van der Waals surface area contributed by atoms with Gasteiger partial charge in [-0.15, -0.1) is 0 Å². The Bertz CT molecular complexity index is 315. The second kappa shape index (κ2) is 4.10. The van der Waals surface area contributed by atoms with E-state index in [1.807, 2.05) is 13.8 Å². The van der Waals surface area contributed by atoms with E-state index in [1.54, 1.807) is 0 Å². The summed E-state index contributed by atoms with van der Waals surface area (Å²) < 4.78 is 0. The molecule has 17 heavy (non-hydrogen) atoms. The van der Waals surface area contributed by atoms with Crippen molar-refractivity contribution < 1.29 is 10.2 Å². The summed E-state index contributed by atoms with van der Waals surface area (Å²) in [7, 11) is 0. The first kappa shape index (κ1) is 13.1. The summed E-state index contributed by atoms with van der Waals surface area (Å²) in [6.07, 6.45) is 4.61. The molecule has 98 valence electrons. The summed E-state index contributed by atoms with van der Waals surface area (Å²) >= 11 is 0. The van der Waals surface area contributed by atoms with Crippen molar-refractivity contribution in [2.75, 3.05) is 0 Å². The molecule has 0 aromatic rings. The number of hydrogen-bond acceptors (Lipinski definition) is 2. The largest absolute Gasteiger partial charge is 0.393 e. The zero-order valence-electron chi connectivity index (χ0n) is 11.4. The van der Waals surface area contributed by atoms with Crippen molar-refractivity contribution >= 4 is 0 Å². The Labute approximate surface area is 105 Å². The highest BCUT2D eigenvalue weighted by molar-refractivity contribution is 5.15. The fourth-order valence-corrected chi connectivity index (χ4v) is 3.83. The molecule has 0 aliphatic heterocycles. The van der Waals surface area contributed by atoms with Crippen LogP contribution < -0.4 is 0 Å². The first-order valence-electron chi connectivity index (χ1n) is 6.83. The third-order valence-electron chi connectivity index (χ3n) is 5.34. The third kappa shape index (κ3) is 2.17. The van der Waals surface area contributed by atoms with Crippen LogP contribution in [0.2, 0.25) is 0 Å². The summed E-state index contributed by atoms with van der Waals surface area (Å²) in [6.45, 7) is 10.2. The van der Waals surface area contributed by atoms with Gasteiger partial charge in [-0.1, -0.05) is 19.1 Å². The molecule has 0 amide bonds. The molecule has 2 aliphatic rings. The average Bonchev–Trinajstić information content (AvgIpc) is 2.22. The maximum atomic E-state index is 10.3.